The quantitative estimate of drug-likeness (QED) is 0.374. The lowest BCUT2D eigenvalue weighted by Gasteiger charge is -2.31. The van der Waals surface area contributed by atoms with Crippen molar-refractivity contribution in [2.75, 3.05) is 30.3 Å². The van der Waals surface area contributed by atoms with Gasteiger partial charge in [0.05, 0.1) is 23.6 Å². The number of ketones is 1. The number of carbonyl (C=O) groups excluding carboxylic acids is 2. The summed E-state index contributed by atoms with van der Waals surface area (Å²) >= 11 is 1.42. The van der Waals surface area contributed by atoms with Crippen molar-refractivity contribution in [2.45, 2.75) is 64.6 Å². The Kier molecular flexibility index (Phi) is 6.41. The highest BCUT2D eigenvalue weighted by Crippen LogP contribution is 2.41. The fourth-order valence-corrected chi connectivity index (χ4v) is 5.06. The van der Waals surface area contributed by atoms with Crippen LogP contribution >= 0.6 is 11.8 Å². The third-order valence-electron chi connectivity index (χ3n) is 6.15. The second-order valence-electron chi connectivity index (χ2n) is 8.61. The fourth-order valence-electron chi connectivity index (χ4n) is 4.18. The molecule has 2 fully saturated rings. The van der Waals surface area contributed by atoms with Crippen LogP contribution in [0, 0.1) is 19.8 Å². The van der Waals surface area contributed by atoms with Crippen molar-refractivity contribution < 1.29 is 14.3 Å². The van der Waals surface area contributed by atoms with E-state index in [9.17, 15) is 9.59 Å². The fraction of sp³-hybridized carbons (Fsp3) is 0.636. The molecule has 1 saturated carbocycles. The molecule has 4 rings (SSSR count). The Bertz CT molecular complexity index is 970. The molecule has 0 spiro atoms. The standard InChI is InChI=1S/C22H31N5O3S/c1-5-30-20(29)18-14(3)19(23-15(18)4)17(28)12-31-22-25-24-21(27(22)16-6-7-16)26-10-8-13(2)9-11-26/h13,16,23H,5-12H2,1-4H3. The SMILES string of the molecule is CCOC(=O)c1c(C)[nH]c(C(=O)CSc2nnc(N3CCC(C)CC3)n2C2CC2)c1C. The number of piperidine rings is 1. The number of rotatable bonds is 8. The minimum atomic E-state index is -0.394. The Morgan fingerprint density at radius 1 is 1.16 bits per heavy atom. The lowest BCUT2D eigenvalue weighted by molar-refractivity contribution is 0.0525. The zero-order chi connectivity index (χ0) is 22.1. The molecule has 0 aromatic carbocycles. The normalized spacial score (nSPS) is 17.2. The first-order valence-electron chi connectivity index (χ1n) is 11.1. The largest absolute Gasteiger partial charge is 0.462 e. The summed E-state index contributed by atoms with van der Waals surface area (Å²) < 4.78 is 7.35. The Morgan fingerprint density at radius 2 is 1.87 bits per heavy atom. The van der Waals surface area contributed by atoms with Gasteiger partial charge >= 0.3 is 5.97 Å². The summed E-state index contributed by atoms with van der Waals surface area (Å²) in [6.07, 6.45) is 4.61. The van der Waals surface area contributed by atoms with E-state index >= 15 is 0 Å². The van der Waals surface area contributed by atoms with Gasteiger partial charge in [-0.05, 0) is 57.9 Å². The number of hydrogen-bond acceptors (Lipinski definition) is 7. The molecule has 2 aromatic rings. The number of hydrogen-bond donors (Lipinski definition) is 1. The molecule has 1 aliphatic carbocycles. The van der Waals surface area contributed by atoms with Gasteiger partial charge in [-0.25, -0.2) is 4.79 Å². The van der Waals surface area contributed by atoms with E-state index in [2.05, 4.69) is 31.6 Å². The van der Waals surface area contributed by atoms with Crippen LogP contribution in [0.4, 0.5) is 5.95 Å². The number of anilines is 1. The van der Waals surface area contributed by atoms with E-state index < -0.39 is 5.97 Å². The van der Waals surface area contributed by atoms with Crippen LogP contribution in [0.15, 0.2) is 5.16 Å². The van der Waals surface area contributed by atoms with Crippen molar-refractivity contribution >= 4 is 29.5 Å². The van der Waals surface area contributed by atoms with E-state index in [1.807, 2.05) is 0 Å². The first-order chi connectivity index (χ1) is 14.9. The molecule has 0 radical (unpaired) electrons. The van der Waals surface area contributed by atoms with Crippen LogP contribution in [0.5, 0.6) is 0 Å². The number of aryl methyl sites for hydroxylation is 1. The van der Waals surface area contributed by atoms with Crippen LogP contribution < -0.4 is 4.90 Å². The van der Waals surface area contributed by atoms with Crippen LogP contribution in [0.3, 0.4) is 0 Å². The monoisotopic (exact) mass is 445 g/mol. The molecule has 2 aliphatic rings. The average molecular weight is 446 g/mol. The molecule has 9 heteroatoms. The molecule has 1 aliphatic heterocycles. The number of carbonyl (C=O) groups is 2. The van der Waals surface area contributed by atoms with Gasteiger partial charge in [0.15, 0.2) is 10.9 Å². The molecule has 3 heterocycles. The number of aromatic amines is 1. The molecule has 1 N–H and O–H groups in total. The Hall–Kier alpha value is -2.29. The number of thioether (sulfide) groups is 1. The van der Waals surface area contributed by atoms with Gasteiger partial charge in [-0.2, -0.15) is 0 Å². The zero-order valence-electron chi connectivity index (χ0n) is 18.7. The highest BCUT2D eigenvalue weighted by Gasteiger charge is 2.33. The van der Waals surface area contributed by atoms with Gasteiger partial charge in [-0.1, -0.05) is 18.7 Å². The maximum Gasteiger partial charge on any atom is 0.340 e. The van der Waals surface area contributed by atoms with Gasteiger partial charge in [-0.3, -0.25) is 9.36 Å². The van der Waals surface area contributed by atoms with Crippen molar-refractivity contribution in [1.29, 1.82) is 0 Å². The molecule has 31 heavy (non-hydrogen) atoms. The minimum Gasteiger partial charge on any atom is -0.462 e. The van der Waals surface area contributed by atoms with E-state index in [4.69, 9.17) is 4.74 Å². The summed E-state index contributed by atoms with van der Waals surface area (Å²) in [4.78, 5) is 30.6. The lowest BCUT2D eigenvalue weighted by Crippen LogP contribution is -2.34. The van der Waals surface area contributed by atoms with Crippen molar-refractivity contribution in [3.63, 3.8) is 0 Å². The summed E-state index contributed by atoms with van der Waals surface area (Å²) in [7, 11) is 0. The molecule has 1 saturated heterocycles. The third kappa shape index (κ3) is 4.51. The van der Waals surface area contributed by atoms with Gasteiger partial charge in [0.25, 0.3) is 0 Å². The predicted octanol–water partition coefficient (Wildman–Crippen LogP) is 3.95. The first-order valence-corrected chi connectivity index (χ1v) is 12.1. The van der Waals surface area contributed by atoms with Crippen molar-refractivity contribution in [2.24, 2.45) is 5.92 Å². The van der Waals surface area contributed by atoms with Crippen LogP contribution in [0.25, 0.3) is 0 Å². The van der Waals surface area contributed by atoms with Gasteiger partial charge < -0.3 is 14.6 Å². The van der Waals surface area contributed by atoms with Crippen LogP contribution in [0.1, 0.15) is 77.7 Å². The van der Waals surface area contributed by atoms with Gasteiger partial charge in [-0.15, -0.1) is 10.2 Å². The summed E-state index contributed by atoms with van der Waals surface area (Å²) in [5.41, 5.74) is 2.23. The maximum absolute atomic E-state index is 13.0. The van der Waals surface area contributed by atoms with Crippen molar-refractivity contribution in [3.05, 3.63) is 22.5 Å². The minimum absolute atomic E-state index is 0.0557. The summed E-state index contributed by atoms with van der Waals surface area (Å²) in [5.74, 6) is 1.49. The second kappa shape index (κ2) is 9.06. The number of nitrogens with one attached hydrogen (secondary N) is 1. The lowest BCUT2D eigenvalue weighted by atomic mass is 10.00. The molecular formula is C22H31N5O3S. The average Bonchev–Trinajstić information content (AvgIpc) is 3.42. The predicted molar refractivity (Wildman–Crippen MR) is 120 cm³/mol. The molecule has 2 aromatic heterocycles. The van der Waals surface area contributed by atoms with Crippen LogP contribution in [0.2, 0.25) is 0 Å². The third-order valence-corrected chi connectivity index (χ3v) is 7.10. The molecule has 0 amide bonds. The topological polar surface area (TPSA) is 93.1 Å². The Balaban J connectivity index is 1.48. The van der Waals surface area contributed by atoms with Gasteiger partial charge in [0, 0.05) is 24.8 Å². The highest BCUT2D eigenvalue weighted by atomic mass is 32.2. The summed E-state index contributed by atoms with van der Waals surface area (Å²) in [5, 5.41) is 9.73. The second-order valence-corrected chi connectivity index (χ2v) is 9.55. The molecule has 0 unspecified atom stereocenters. The number of esters is 1. The summed E-state index contributed by atoms with van der Waals surface area (Å²) in [6.45, 7) is 9.96. The number of ether oxygens (including phenoxy) is 1. The smallest absolute Gasteiger partial charge is 0.340 e. The zero-order valence-corrected chi connectivity index (χ0v) is 19.5. The van der Waals surface area contributed by atoms with E-state index in [0.717, 1.165) is 43.0 Å². The van der Waals surface area contributed by atoms with Gasteiger partial charge in [0.1, 0.15) is 0 Å². The Morgan fingerprint density at radius 3 is 2.52 bits per heavy atom. The first kappa shape index (κ1) is 21.9. The van der Waals surface area contributed by atoms with Crippen molar-refractivity contribution in [3.8, 4) is 0 Å². The summed E-state index contributed by atoms with van der Waals surface area (Å²) in [6, 6.07) is 0.437. The molecule has 168 valence electrons. The van der Waals surface area contributed by atoms with Crippen LogP contribution in [-0.2, 0) is 4.74 Å². The van der Waals surface area contributed by atoms with E-state index in [1.54, 1.807) is 20.8 Å². The molecule has 0 bridgehead atoms. The number of nitrogens with zero attached hydrogens (tertiary/aromatic N) is 4. The molecule has 8 nitrogen and oxygen atoms in total. The van der Waals surface area contributed by atoms with Crippen LogP contribution in [-0.4, -0.2) is 57.0 Å². The molecule has 0 atom stereocenters. The highest BCUT2D eigenvalue weighted by molar-refractivity contribution is 7.99. The van der Waals surface area contributed by atoms with E-state index in [1.165, 1.54) is 24.6 Å². The Labute approximate surface area is 187 Å². The van der Waals surface area contributed by atoms with Crippen molar-refractivity contribution in [1.82, 2.24) is 19.7 Å². The van der Waals surface area contributed by atoms with E-state index in [-0.39, 0.29) is 11.5 Å². The number of H-pyrrole nitrogens is 1. The molecular weight excluding hydrogens is 414 g/mol. The maximum atomic E-state index is 13.0. The van der Waals surface area contributed by atoms with E-state index in [0.29, 0.717) is 35.2 Å². The number of Topliss-reactive ketones (excluding diaryl/α,β-unsaturated/α-hetero) is 1. The number of aromatic nitrogens is 4. The van der Waals surface area contributed by atoms with Gasteiger partial charge in [0.2, 0.25) is 5.95 Å².